The zero-order chi connectivity index (χ0) is 11.0. The zero-order valence-corrected chi connectivity index (χ0v) is 8.35. The largest absolute Gasteiger partial charge is 0.478 e. The number of pyridine rings is 1. The number of hydrogen-bond acceptors (Lipinski definition) is 4. The van der Waals surface area contributed by atoms with Crippen LogP contribution in [0.2, 0.25) is 0 Å². The summed E-state index contributed by atoms with van der Waals surface area (Å²) < 4.78 is 0. The van der Waals surface area contributed by atoms with Crippen LogP contribution in [0.3, 0.4) is 0 Å². The van der Waals surface area contributed by atoms with Crippen LogP contribution in [-0.4, -0.2) is 26.0 Å². The maximum absolute atomic E-state index is 10.9. The van der Waals surface area contributed by atoms with E-state index in [1.807, 2.05) is 6.92 Å². The van der Waals surface area contributed by atoms with Gasteiger partial charge in [-0.15, -0.1) is 0 Å². The average Bonchev–Trinajstić information content (AvgIpc) is 2.18. The first kappa shape index (κ1) is 9.51. The van der Waals surface area contributed by atoms with Gasteiger partial charge in [0.2, 0.25) is 0 Å². The van der Waals surface area contributed by atoms with Gasteiger partial charge in [0.05, 0.1) is 17.0 Å². The number of carbonyl (C=O) groups is 1. The van der Waals surface area contributed by atoms with Crippen molar-refractivity contribution in [3.05, 3.63) is 29.2 Å². The van der Waals surface area contributed by atoms with Crippen molar-refractivity contribution in [2.75, 3.05) is 0 Å². The Hall–Kier alpha value is -2.04. The van der Waals surface area contributed by atoms with E-state index >= 15 is 0 Å². The molecule has 0 aliphatic carbocycles. The van der Waals surface area contributed by atoms with Crippen molar-refractivity contribution in [1.29, 1.82) is 0 Å². The molecular formula is C10H9N3O2. The highest BCUT2D eigenvalue weighted by molar-refractivity contribution is 5.99. The van der Waals surface area contributed by atoms with Gasteiger partial charge in [-0.3, -0.25) is 0 Å². The molecule has 2 heterocycles. The second-order valence-corrected chi connectivity index (χ2v) is 3.23. The second kappa shape index (κ2) is 3.27. The highest BCUT2D eigenvalue weighted by Gasteiger charge is 2.12. The summed E-state index contributed by atoms with van der Waals surface area (Å²) in [5, 5.41) is 8.95. The first-order valence-electron chi connectivity index (χ1n) is 4.43. The number of fused-ring (bicyclic) bond motifs is 1. The van der Waals surface area contributed by atoms with E-state index < -0.39 is 5.97 Å². The summed E-state index contributed by atoms with van der Waals surface area (Å²) >= 11 is 0. The molecule has 0 spiro atoms. The Morgan fingerprint density at radius 1 is 1.27 bits per heavy atom. The van der Waals surface area contributed by atoms with Crippen molar-refractivity contribution in [2.24, 2.45) is 0 Å². The van der Waals surface area contributed by atoms with Gasteiger partial charge in [-0.25, -0.2) is 19.7 Å². The second-order valence-electron chi connectivity index (χ2n) is 3.23. The van der Waals surface area contributed by atoms with E-state index in [1.54, 1.807) is 6.92 Å². The highest BCUT2D eigenvalue weighted by Crippen LogP contribution is 2.14. The topological polar surface area (TPSA) is 76.0 Å². The minimum absolute atomic E-state index is 0.135. The van der Waals surface area contributed by atoms with Crippen LogP contribution in [0, 0.1) is 13.8 Å². The van der Waals surface area contributed by atoms with Crippen LogP contribution in [0.15, 0.2) is 12.3 Å². The predicted molar refractivity (Wildman–Crippen MR) is 53.8 cm³/mol. The van der Waals surface area contributed by atoms with Crippen molar-refractivity contribution in [3.8, 4) is 0 Å². The highest BCUT2D eigenvalue weighted by atomic mass is 16.4. The summed E-state index contributed by atoms with van der Waals surface area (Å²) in [6.45, 7) is 3.61. The van der Waals surface area contributed by atoms with Crippen LogP contribution in [0.4, 0.5) is 0 Å². The van der Waals surface area contributed by atoms with E-state index in [2.05, 4.69) is 15.0 Å². The number of aromatic nitrogens is 3. The molecular weight excluding hydrogens is 194 g/mol. The van der Waals surface area contributed by atoms with Crippen molar-refractivity contribution >= 4 is 17.1 Å². The SMILES string of the molecule is Cc1nc2nccc(C(=O)O)c2nc1C. The molecule has 0 fully saturated rings. The lowest BCUT2D eigenvalue weighted by Crippen LogP contribution is -2.03. The van der Waals surface area contributed by atoms with Gasteiger partial charge in [-0.05, 0) is 19.9 Å². The Morgan fingerprint density at radius 2 is 1.93 bits per heavy atom. The van der Waals surface area contributed by atoms with E-state index in [4.69, 9.17) is 5.11 Å². The summed E-state index contributed by atoms with van der Waals surface area (Å²) in [6, 6.07) is 1.42. The summed E-state index contributed by atoms with van der Waals surface area (Å²) in [4.78, 5) is 23.3. The summed E-state index contributed by atoms with van der Waals surface area (Å²) in [7, 11) is 0. The molecule has 0 radical (unpaired) electrons. The molecule has 0 unspecified atom stereocenters. The predicted octanol–water partition coefficient (Wildman–Crippen LogP) is 1.34. The van der Waals surface area contributed by atoms with Crippen molar-refractivity contribution in [3.63, 3.8) is 0 Å². The monoisotopic (exact) mass is 203 g/mol. The van der Waals surface area contributed by atoms with Crippen LogP contribution >= 0.6 is 0 Å². The molecule has 1 N–H and O–H groups in total. The molecule has 2 aromatic heterocycles. The maximum Gasteiger partial charge on any atom is 0.338 e. The van der Waals surface area contributed by atoms with Gasteiger partial charge in [0.15, 0.2) is 5.65 Å². The van der Waals surface area contributed by atoms with Crippen molar-refractivity contribution in [2.45, 2.75) is 13.8 Å². The van der Waals surface area contributed by atoms with Gasteiger partial charge in [0.25, 0.3) is 0 Å². The van der Waals surface area contributed by atoms with E-state index in [0.29, 0.717) is 11.2 Å². The first-order valence-corrected chi connectivity index (χ1v) is 4.43. The molecule has 76 valence electrons. The number of rotatable bonds is 1. The van der Waals surface area contributed by atoms with Crippen molar-refractivity contribution in [1.82, 2.24) is 15.0 Å². The van der Waals surface area contributed by atoms with Gasteiger partial charge < -0.3 is 5.11 Å². The van der Waals surface area contributed by atoms with Gasteiger partial charge >= 0.3 is 5.97 Å². The summed E-state index contributed by atoms with van der Waals surface area (Å²) in [5.74, 6) is -1.01. The molecule has 2 aromatic rings. The smallest absolute Gasteiger partial charge is 0.338 e. The first-order chi connectivity index (χ1) is 7.09. The Bertz CT molecular complexity index is 552. The zero-order valence-electron chi connectivity index (χ0n) is 8.35. The fourth-order valence-corrected chi connectivity index (χ4v) is 1.30. The van der Waals surface area contributed by atoms with E-state index in [-0.39, 0.29) is 5.56 Å². The van der Waals surface area contributed by atoms with Crippen LogP contribution in [0.1, 0.15) is 21.7 Å². The van der Waals surface area contributed by atoms with E-state index in [9.17, 15) is 4.79 Å². The molecule has 15 heavy (non-hydrogen) atoms. The summed E-state index contributed by atoms with van der Waals surface area (Å²) in [5.41, 5.74) is 2.33. The Kier molecular flexibility index (Phi) is 2.07. The molecule has 0 saturated carbocycles. The Balaban J connectivity index is 2.86. The lowest BCUT2D eigenvalue weighted by atomic mass is 10.2. The van der Waals surface area contributed by atoms with Gasteiger partial charge in [0, 0.05) is 6.20 Å². The number of nitrogens with zero attached hydrogens (tertiary/aromatic N) is 3. The number of aryl methyl sites for hydroxylation is 2. The Labute approximate surface area is 85.8 Å². The molecule has 0 bridgehead atoms. The minimum atomic E-state index is -1.01. The minimum Gasteiger partial charge on any atom is -0.478 e. The average molecular weight is 203 g/mol. The molecule has 0 atom stereocenters. The van der Waals surface area contributed by atoms with Gasteiger partial charge in [0.1, 0.15) is 5.52 Å². The quantitative estimate of drug-likeness (QED) is 0.756. The van der Waals surface area contributed by atoms with Gasteiger partial charge in [-0.2, -0.15) is 0 Å². The van der Waals surface area contributed by atoms with E-state index in [1.165, 1.54) is 12.3 Å². The fourth-order valence-electron chi connectivity index (χ4n) is 1.30. The fraction of sp³-hybridized carbons (Fsp3) is 0.200. The molecule has 5 heteroatoms. The van der Waals surface area contributed by atoms with Crippen LogP contribution in [-0.2, 0) is 0 Å². The Morgan fingerprint density at radius 3 is 2.60 bits per heavy atom. The number of aromatic carboxylic acids is 1. The third-order valence-corrected chi connectivity index (χ3v) is 2.21. The van der Waals surface area contributed by atoms with E-state index in [0.717, 1.165) is 11.4 Å². The molecule has 0 aromatic carbocycles. The standard InChI is InChI=1S/C10H9N3O2/c1-5-6(2)13-9-8(12-5)7(10(14)15)3-4-11-9/h3-4H,1-2H3,(H,14,15). The lowest BCUT2D eigenvalue weighted by Gasteiger charge is -2.03. The maximum atomic E-state index is 10.9. The molecule has 0 aliphatic heterocycles. The summed E-state index contributed by atoms with van der Waals surface area (Å²) in [6.07, 6.45) is 1.43. The number of hydrogen-bond donors (Lipinski definition) is 1. The van der Waals surface area contributed by atoms with Crippen LogP contribution in [0.25, 0.3) is 11.2 Å². The normalized spacial score (nSPS) is 10.5. The number of carboxylic acids is 1. The molecule has 0 aliphatic rings. The van der Waals surface area contributed by atoms with Crippen molar-refractivity contribution < 1.29 is 9.90 Å². The van der Waals surface area contributed by atoms with Gasteiger partial charge in [-0.1, -0.05) is 0 Å². The molecule has 5 nitrogen and oxygen atoms in total. The number of carboxylic acid groups (broad SMARTS) is 1. The lowest BCUT2D eigenvalue weighted by molar-refractivity contribution is 0.0698. The molecule has 2 rings (SSSR count). The molecule has 0 amide bonds. The van der Waals surface area contributed by atoms with Crippen LogP contribution < -0.4 is 0 Å². The molecule has 0 saturated heterocycles. The van der Waals surface area contributed by atoms with Crippen LogP contribution in [0.5, 0.6) is 0 Å². The third-order valence-electron chi connectivity index (χ3n) is 2.21. The third kappa shape index (κ3) is 1.52.